The van der Waals surface area contributed by atoms with Gasteiger partial charge in [0.2, 0.25) is 0 Å². The molecule has 0 unspecified atom stereocenters. The van der Waals surface area contributed by atoms with Crippen molar-refractivity contribution in [1.82, 2.24) is 10.2 Å². The Labute approximate surface area is 133 Å². The van der Waals surface area contributed by atoms with Gasteiger partial charge in [0.05, 0.1) is 0 Å². The first-order chi connectivity index (χ1) is 9.65. The van der Waals surface area contributed by atoms with Crippen LogP contribution in [0.3, 0.4) is 0 Å². The molecule has 1 N–H and O–H groups in total. The second-order valence-corrected chi connectivity index (χ2v) is 6.52. The number of likely N-dealkylation sites (tertiary alicyclic amines) is 1. The van der Waals surface area contributed by atoms with Crippen molar-refractivity contribution in [3.05, 3.63) is 33.3 Å². The van der Waals surface area contributed by atoms with Gasteiger partial charge in [0.15, 0.2) is 0 Å². The van der Waals surface area contributed by atoms with Crippen molar-refractivity contribution >= 4 is 33.4 Å². The van der Waals surface area contributed by atoms with Gasteiger partial charge in [-0.2, -0.15) is 0 Å². The van der Waals surface area contributed by atoms with Crippen molar-refractivity contribution in [3.63, 3.8) is 0 Å². The van der Waals surface area contributed by atoms with Crippen LogP contribution in [0.5, 0.6) is 0 Å². The number of carbonyl (C=O) groups excluding carboxylic acids is 1. The zero-order chi connectivity index (χ0) is 14.4. The van der Waals surface area contributed by atoms with Crippen LogP contribution in [0.2, 0.25) is 5.02 Å². The number of piperidine rings is 1. The van der Waals surface area contributed by atoms with Crippen molar-refractivity contribution in [1.29, 1.82) is 0 Å². The summed E-state index contributed by atoms with van der Waals surface area (Å²) in [6.07, 6.45) is 4.97. The maximum atomic E-state index is 12.0. The van der Waals surface area contributed by atoms with Gasteiger partial charge in [0.1, 0.15) is 0 Å². The van der Waals surface area contributed by atoms with Gasteiger partial charge >= 0.3 is 0 Å². The average Bonchev–Trinajstić information content (AvgIpc) is 2.43. The third-order valence-electron chi connectivity index (χ3n) is 3.51. The van der Waals surface area contributed by atoms with Gasteiger partial charge in [-0.25, -0.2) is 0 Å². The van der Waals surface area contributed by atoms with Crippen molar-refractivity contribution in [2.75, 3.05) is 26.2 Å². The number of nitrogens with one attached hydrogen (secondary N) is 1. The molecule has 0 bridgehead atoms. The fourth-order valence-corrected chi connectivity index (χ4v) is 3.33. The Morgan fingerprint density at radius 3 is 2.70 bits per heavy atom. The molecule has 5 heteroatoms. The minimum atomic E-state index is -0.0631. The molecule has 1 fully saturated rings. The topological polar surface area (TPSA) is 32.3 Å². The lowest BCUT2D eigenvalue weighted by Gasteiger charge is -2.26. The second-order valence-electron chi connectivity index (χ2n) is 5.17. The van der Waals surface area contributed by atoms with Crippen LogP contribution in [0.1, 0.15) is 36.0 Å². The summed E-state index contributed by atoms with van der Waals surface area (Å²) >= 11 is 9.28. The molecule has 1 saturated heterocycles. The first-order valence-electron chi connectivity index (χ1n) is 7.12. The number of nitrogens with zero attached hydrogens (tertiary/aromatic N) is 1. The molecule has 1 aliphatic heterocycles. The smallest absolute Gasteiger partial charge is 0.251 e. The third-order valence-corrected chi connectivity index (χ3v) is 4.19. The number of halogens is 2. The van der Waals surface area contributed by atoms with E-state index in [2.05, 4.69) is 26.1 Å². The lowest BCUT2D eigenvalue weighted by atomic mass is 10.1. The highest BCUT2D eigenvalue weighted by molar-refractivity contribution is 9.10. The van der Waals surface area contributed by atoms with E-state index in [9.17, 15) is 4.79 Å². The average molecular weight is 360 g/mol. The Bertz CT molecular complexity index is 441. The van der Waals surface area contributed by atoms with Gasteiger partial charge in [-0.1, -0.05) is 34.0 Å². The maximum absolute atomic E-state index is 12.0. The molecule has 1 aromatic rings. The molecule has 1 amide bonds. The van der Waals surface area contributed by atoms with Gasteiger partial charge < -0.3 is 10.2 Å². The van der Waals surface area contributed by atoms with Gasteiger partial charge in [-0.3, -0.25) is 4.79 Å². The standard InChI is InChI=1S/C15H20BrClN2O/c16-13-9-12(10-14(17)11-13)15(20)18-5-4-8-19-6-2-1-3-7-19/h9-11H,1-8H2,(H,18,20). The summed E-state index contributed by atoms with van der Waals surface area (Å²) in [6, 6.07) is 5.24. The van der Waals surface area contributed by atoms with E-state index in [0.717, 1.165) is 17.4 Å². The Morgan fingerprint density at radius 1 is 1.25 bits per heavy atom. The summed E-state index contributed by atoms with van der Waals surface area (Å²) < 4.78 is 0.823. The third kappa shape index (κ3) is 5.08. The number of amides is 1. The van der Waals surface area contributed by atoms with Crippen LogP contribution in [0.4, 0.5) is 0 Å². The van der Waals surface area contributed by atoms with Crippen molar-refractivity contribution < 1.29 is 4.79 Å². The molecule has 20 heavy (non-hydrogen) atoms. The monoisotopic (exact) mass is 358 g/mol. The number of rotatable bonds is 5. The lowest BCUT2D eigenvalue weighted by molar-refractivity contribution is 0.0951. The van der Waals surface area contributed by atoms with Crippen molar-refractivity contribution in [2.45, 2.75) is 25.7 Å². The minimum Gasteiger partial charge on any atom is -0.352 e. The fourth-order valence-electron chi connectivity index (χ4n) is 2.47. The van der Waals surface area contributed by atoms with E-state index in [1.54, 1.807) is 18.2 Å². The molecular formula is C15H20BrClN2O. The molecule has 1 aromatic carbocycles. The normalized spacial score (nSPS) is 16.1. The second kappa shape index (κ2) is 8.01. The Hall–Kier alpha value is -0.580. The van der Waals surface area contributed by atoms with Crippen LogP contribution in [0.15, 0.2) is 22.7 Å². The van der Waals surface area contributed by atoms with E-state index in [1.165, 1.54) is 32.4 Å². The summed E-state index contributed by atoms with van der Waals surface area (Å²) in [6.45, 7) is 4.18. The van der Waals surface area contributed by atoms with Gasteiger partial charge in [-0.15, -0.1) is 0 Å². The Balaban J connectivity index is 1.71. The van der Waals surface area contributed by atoms with Crippen LogP contribution >= 0.6 is 27.5 Å². The van der Waals surface area contributed by atoms with Gasteiger partial charge in [0.25, 0.3) is 5.91 Å². The molecule has 2 rings (SSSR count). The molecule has 3 nitrogen and oxygen atoms in total. The van der Waals surface area contributed by atoms with Crippen LogP contribution in [0, 0.1) is 0 Å². The molecule has 110 valence electrons. The van der Waals surface area contributed by atoms with Crippen LogP contribution in [-0.2, 0) is 0 Å². The van der Waals surface area contributed by atoms with E-state index in [4.69, 9.17) is 11.6 Å². The molecule has 0 radical (unpaired) electrons. The van der Waals surface area contributed by atoms with Crippen molar-refractivity contribution in [2.24, 2.45) is 0 Å². The summed E-state index contributed by atoms with van der Waals surface area (Å²) in [4.78, 5) is 14.5. The summed E-state index contributed by atoms with van der Waals surface area (Å²) in [5.41, 5.74) is 0.599. The molecule has 1 heterocycles. The molecule has 0 aromatic heterocycles. The SMILES string of the molecule is O=C(NCCCN1CCCCC1)c1cc(Cl)cc(Br)c1. The van der Waals surface area contributed by atoms with E-state index in [0.29, 0.717) is 17.1 Å². The maximum Gasteiger partial charge on any atom is 0.251 e. The molecular weight excluding hydrogens is 340 g/mol. The summed E-state index contributed by atoms with van der Waals surface area (Å²) in [5, 5.41) is 3.52. The first kappa shape index (κ1) is 15.8. The quantitative estimate of drug-likeness (QED) is 0.813. The van der Waals surface area contributed by atoms with Crippen LogP contribution in [0.25, 0.3) is 0 Å². The van der Waals surface area contributed by atoms with Gasteiger partial charge in [-0.05, 0) is 57.1 Å². The number of hydrogen-bond donors (Lipinski definition) is 1. The van der Waals surface area contributed by atoms with E-state index >= 15 is 0 Å². The van der Waals surface area contributed by atoms with Gasteiger partial charge in [0, 0.05) is 21.6 Å². The molecule has 0 saturated carbocycles. The lowest BCUT2D eigenvalue weighted by Crippen LogP contribution is -2.33. The number of benzene rings is 1. The Morgan fingerprint density at radius 2 is 2.00 bits per heavy atom. The highest BCUT2D eigenvalue weighted by Gasteiger charge is 2.10. The fraction of sp³-hybridized carbons (Fsp3) is 0.533. The highest BCUT2D eigenvalue weighted by Crippen LogP contribution is 2.19. The Kier molecular flexibility index (Phi) is 6.33. The minimum absolute atomic E-state index is 0.0631. The molecule has 0 atom stereocenters. The van der Waals surface area contributed by atoms with E-state index in [-0.39, 0.29) is 5.91 Å². The predicted octanol–water partition coefficient (Wildman–Crippen LogP) is 3.71. The zero-order valence-electron chi connectivity index (χ0n) is 11.5. The largest absolute Gasteiger partial charge is 0.352 e. The summed E-state index contributed by atoms with van der Waals surface area (Å²) in [5.74, 6) is -0.0631. The molecule has 1 aliphatic rings. The van der Waals surface area contributed by atoms with E-state index < -0.39 is 0 Å². The molecule has 0 aliphatic carbocycles. The number of hydrogen-bond acceptors (Lipinski definition) is 2. The number of carbonyl (C=O) groups is 1. The van der Waals surface area contributed by atoms with Crippen LogP contribution < -0.4 is 5.32 Å². The van der Waals surface area contributed by atoms with Crippen LogP contribution in [-0.4, -0.2) is 37.0 Å². The van der Waals surface area contributed by atoms with E-state index in [1.807, 2.05) is 0 Å². The van der Waals surface area contributed by atoms with Crippen molar-refractivity contribution in [3.8, 4) is 0 Å². The summed E-state index contributed by atoms with van der Waals surface area (Å²) in [7, 11) is 0. The first-order valence-corrected chi connectivity index (χ1v) is 8.29. The zero-order valence-corrected chi connectivity index (χ0v) is 13.8. The predicted molar refractivity (Wildman–Crippen MR) is 86.4 cm³/mol. The highest BCUT2D eigenvalue weighted by atomic mass is 79.9. The molecule has 0 spiro atoms.